The van der Waals surface area contributed by atoms with Crippen LogP contribution >= 0.6 is 11.8 Å². The summed E-state index contributed by atoms with van der Waals surface area (Å²) < 4.78 is 0. The summed E-state index contributed by atoms with van der Waals surface area (Å²) in [4.78, 5) is 30.3. The van der Waals surface area contributed by atoms with Crippen LogP contribution in [0.3, 0.4) is 0 Å². The number of aryl methyl sites for hydroxylation is 1. The van der Waals surface area contributed by atoms with E-state index in [2.05, 4.69) is 17.2 Å². The number of anilines is 1. The lowest BCUT2D eigenvalue weighted by molar-refractivity contribution is -0.125. The van der Waals surface area contributed by atoms with Gasteiger partial charge in [-0.1, -0.05) is 30.8 Å². The predicted octanol–water partition coefficient (Wildman–Crippen LogP) is 1.82. The third kappa shape index (κ3) is 3.16. The van der Waals surface area contributed by atoms with Crippen molar-refractivity contribution in [1.82, 2.24) is 5.32 Å². The second kappa shape index (κ2) is 6.52. The summed E-state index contributed by atoms with van der Waals surface area (Å²) in [6.45, 7) is 3.29. The van der Waals surface area contributed by atoms with Crippen molar-refractivity contribution in [1.29, 1.82) is 0 Å². The van der Waals surface area contributed by atoms with Crippen molar-refractivity contribution in [2.24, 2.45) is 10.9 Å². The van der Waals surface area contributed by atoms with Gasteiger partial charge in [0.15, 0.2) is 5.17 Å². The Morgan fingerprint density at radius 1 is 1.41 bits per heavy atom. The van der Waals surface area contributed by atoms with E-state index >= 15 is 0 Å². The van der Waals surface area contributed by atoms with Crippen molar-refractivity contribution in [3.63, 3.8) is 0 Å². The van der Waals surface area contributed by atoms with Gasteiger partial charge in [0.25, 0.3) is 0 Å². The molecule has 1 N–H and O–H groups in total. The topological polar surface area (TPSA) is 61.8 Å². The van der Waals surface area contributed by atoms with Gasteiger partial charge in [0.1, 0.15) is 0 Å². The first-order valence-corrected chi connectivity index (χ1v) is 8.53. The second-order valence-electron chi connectivity index (χ2n) is 5.45. The zero-order valence-corrected chi connectivity index (χ0v) is 13.4. The van der Waals surface area contributed by atoms with E-state index in [0.29, 0.717) is 11.7 Å². The molecule has 1 atom stereocenters. The summed E-state index contributed by atoms with van der Waals surface area (Å²) >= 11 is 1.55. The fourth-order valence-electron chi connectivity index (χ4n) is 2.66. The highest BCUT2D eigenvalue weighted by atomic mass is 32.2. The van der Waals surface area contributed by atoms with Crippen LogP contribution < -0.4 is 10.2 Å². The van der Waals surface area contributed by atoms with Crippen LogP contribution in [0, 0.1) is 5.92 Å². The van der Waals surface area contributed by atoms with Crippen molar-refractivity contribution in [3.05, 3.63) is 29.8 Å². The van der Waals surface area contributed by atoms with Crippen molar-refractivity contribution < 1.29 is 9.59 Å². The zero-order valence-electron chi connectivity index (χ0n) is 12.5. The summed E-state index contributed by atoms with van der Waals surface area (Å²) in [5.41, 5.74) is 2.10. The molecular weight excluding hydrogens is 298 g/mol. The molecule has 1 saturated heterocycles. The number of carbonyl (C=O) groups excluding carboxylic acids is 2. The summed E-state index contributed by atoms with van der Waals surface area (Å²) in [5.74, 6) is 0.511. The molecule has 2 amide bonds. The third-order valence-corrected chi connectivity index (χ3v) is 4.86. The van der Waals surface area contributed by atoms with Gasteiger partial charge in [0.2, 0.25) is 11.8 Å². The largest absolute Gasteiger partial charge is 0.312 e. The Labute approximate surface area is 134 Å². The smallest absolute Gasteiger partial charge is 0.231 e. The molecule has 2 aliphatic heterocycles. The number of amidine groups is 1. The number of hydrogen-bond donors (Lipinski definition) is 1. The van der Waals surface area contributed by atoms with Crippen LogP contribution in [0.4, 0.5) is 5.69 Å². The van der Waals surface area contributed by atoms with E-state index in [1.165, 1.54) is 5.56 Å². The molecule has 0 radical (unpaired) electrons. The van der Waals surface area contributed by atoms with Gasteiger partial charge in [-0.05, 0) is 24.1 Å². The first-order chi connectivity index (χ1) is 10.7. The molecule has 0 saturated carbocycles. The Morgan fingerprint density at radius 2 is 2.18 bits per heavy atom. The Hall–Kier alpha value is -1.82. The van der Waals surface area contributed by atoms with Crippen molar-refractivity contribution in [3.8, 4) is 0 Å². The van der Waals surface area contributed by atoms with Crippen LogP contribution in [-0.4, -0.2) is 35.8 Å². The van der Waals surface area contributed by atoms with Gasteiger partial charge in [-0.25, -0.2) is 0 Å². The van der Waals surface area contributed by atoms with Gasteiger partial charge in [-0.15, -0.1) is 0 Å². The molecule has 2 aliphatic rings. The monoisotopic (exact) mass is 317 g/mol. The fourth-order valence-corrected chi connectivity index (χ4v) is 3.39. The molecule has 0 unspecified atom stereocenters. The lowest BCUT2D eigenvalue weighted by Crippen LogP contribution is -2.35. The first-order valence-electron chi connectivity index (χ1n) is 7.55. The van der Waals surface area contributed by atoms with E-state index in [4.69, 9.17) is 0 Å². The summed E-state index contributed by atoms with van der Waals surface area (Å²) in [7, 11) is 0. The molecule has 0 spiro atoms. The van der Waals surface area contributed by atoms with E-state index in [0.717, 1.165) is 24.4 Å². The Balaban J connectivity index is 1.65. The van der Waals surface area contributed by atoms with Crippen molar-refractivity contribution >= 4 is 34.4 Å². The summed E-state index contributed by atoms with van der Waals surface area (Å²) in [6, 6.07) is 7.96. The van der Waals surface area contributed by atoms with Gasteiger partial charge < -0.3 is 10.2 Å². The molecule has 2 heterocycles. The molecule has 0 aromatic heterocycles. The lowest BCUT2D eigenvalue weighted by Gasteiger charge is -2.17. The highest BCUT2D eigenvalue weighted by molar-refractivity contribution is 8.14. The molecule has 22 heavy (non-hydrogen) atoms. The average molecular weight is 317 g/mol. The number of nitrogens with one attached hydrogen (secondary N) is 1. The maximum Gasteiger partial charge on any atom is 0.231 e. The minimum atomic E-state index is -0.303. The average Bonchev–Trinajstić information content (AvgIpc) is 3.17. The molecule has 0 bridgehead atoms. The Morgan fingerprint density at radius 3 is 2.82 bits per heavy atom. The Kier molecular flexibility index (Phi) is 4.47. The minimum absolute atomic E-state index is 0.00501. The molecule has 0 aliphatic carbocycles. The quantitative estimate of drug-likeness (QED) is 0.925. The Bertz CT molecular complexity index is 612. The second-order valence-corrected chi connectivity index (χ2v) is 6.53. The van der Waals surface area contributed by atoms with E-state index in [1.54, 1.807) is 16.7 Å². The van der Waals surface area contributed by atoms with Crippen LogP contribution in [0.1, 0.15) is 18.9 Å². The first kappa shape index (κ1) is 15.1. The molecule has 6 heteroatoms. The summed E-state index contributed by atoms with van der Waals surface area (Å²) in [5, 5.41) is 3.51. The van der Waals surface area contributed by atoms with Gasteiger partial charge in [-0.3, -0.25) is 14.6 Å². The number of nitrogens with zero attached hydrogens (tertiary/aromatic N) is 2. The van der Waals surface area contributed by atoms with Crippen LogP contribution in [0.2, 0.25) is 0 Å². The maximum atomic E-state index is 12.2. The van der Waals surface area contributed by atoms with E-state index in [-0.39, 0.29) is 24.2 Å². The number of amides is 2. The van der Waals surface area contributed by atoms with Gasteiger partial charge in [-0.2, -0.15) is 0 Å². The third-order valence-electron chi connectivity index (χ3n) is 3.97. The van der Waals surface area contributed by atoms with Crippen LogP contribution in [0.25, 0.3) is 0 Å². The zero-order chi connectivity index (χ0) is 15.5. The molecule has 1 aromatic carbocycles. The molecule has 3 rings (SSSR count). The molecule has 5 nitrogen and oxygen atoms in total. The van der Waals surface area contributed by atoms with Crippen LogP contribution in [-0.2, 0) is 16.0 Å². The maximum absolute atomic E-state index is 12.2. The normalized spacial score (nSPS) is 21.1. The minimum Gasteiger partial charge on any atom is -0.312 e. The van der Waals surface area contributed by atoms with Crippen molar-refractivity contribution in [2.45, 2.75) is 19.8 Å². The van der Waals surface area contributed by atoms with E-state index in [9.17, 15) is 9.59 Å². The summed E-state index contributed by atoms with van der Waals surface area (Å²) in [6.07, 6.45) is 1.23. The molecule has 116 valence electrons. The van der Waals surface area contributed by atoms with Gasteiger partial charge >= 0.3 is 0 Å². The van der Waals surface area contributed by atoms with Gasteiger partial charge in [0.05, 0.1) is 12.5 Å². The van der Waals surface area contributed by atoms with E-state index < -0.39 is 0 Å². The lowest BCUT2D eigenvalue weighted by atomic mass is 10.1. The molecule has 1 fully saturated rings. The fraction of sp³-hybridized carbons (Fsp3) is 0.438. The standard InChI is InChI=1S/C16H19N3O2S/c1-2-11-3-5-13(6-4-11)19-10-12(9-14(19)20)15(21)18-16-17-7-8-22-16/h3-6,12H,2,7-10H2,1H3,(H,17,18,21)/t12-/m1/s1. The number of rotatable bonds is 3. The van der Waals surface area contributed by atoms with E-state index in [1.807, 2.05) is 24.3 Å². The highest BCUT2D eigenvalue weighted by Gasteiger charge is 2.35. The SMILES string of the molecule is CCc1ccc(N2C[C@H](C(=O)NC3=NCCS3)CC2=O)cc1. The van der Waals surface area contributed by atoms with Gasteiger partial charge in [0, 0.05) is 24.4 Å². The molecule has 1 aromatic rings. The van der Waals surface area contributed by atoms with Crippen molar-refractivity contribution in [2.75, 3.05) is 23.7 Å². The number of benzene rings is 1. The molecular formula is C16H19N3O2S. The number of hydrogen-bond acceptors (Lipinski definition) is 4. The number of thioether (sulfide) groups is 1. The van der Waals surface area contributed by atoms with Crippen LogP contribution in [0.5, 0.6) is 0 Å². The number of carbonyl (C=O) groups is 2. The highest BCUT2D eigenvalue weighted by Crippen LogP contribution is 2.26. The number of aliphatic imine (C=N–C) groups is 1. The van der Waals surface area contributed by atoms with Crippen LogP contribution in [0.15, 0.2) is 29.3 Å². The predicted molar refractivity (Wildman–Crippen MR) is 89.2 cm³/mol.